The fourth-order valence-corrected chi connectivity index (χ4v) is 2.29. The number of hydrogen-bond donors (Lipinski definition) is 4. The number of amides is 3. The van der Waals surface area contributed by atoms with Gasteiger partial charge in [-0.25, -0.2) is 9.59 Å². The van der Waals surface area contributed by atoms with Gasteiger partial charge in [0.15, 0.2) is 0 Å². The Hall–Kier alpha value is -1.79. The van der Waals surface area contributed by atoms with Gasteiger partial charge in [0, 0.05) is 12.0 Å². The summed E-state index contributed by atoms with van der Waals surface area (Å²) in [7, 11) is 0. The van der Waals surface area contributed by atoms with Gasteiger partial charge < -0.3 is 21.5 Å². The van der Waals surface area contributed by atoms with Gasteiger partial charge in [-0.15, -0.1) is 0 Å². The highest BCUT2D eigenvalue weighted by Crippen LogP contribution is 2.28. The summed E-state index contributed by atoms with van der Waals surface area (Å²) in [5, 5.41) is 14.1. The Balaban J connectivity index is 2.46. The van der Waals surface area contributed by atoms with Gasteiger partial charge in [-0.05, 0) is 26.2 Å². The third kappa shape index (κ3) is 5.15. The minimum Gasteiger partial charge on any atom is -0.480 e. The van der Waals surface area contributed by atoms with E-state index in [1.54, 1.807) is 0 Å². The minimum atomic E-state index is -1.17. The Morgan fingerprint density at radius 3 is 2.37 bits per heavy atom. The molecule has 1 aliphatic carbocycles. The number of rotatable bonds is 6. The van der Waals surface area contributed by atoms with Gasteiger partial charge in [-0.3, -0.25) is 4.79 Å². The van der Waals surface area contributed by atoms with Crippen LogP contribution in [0, 0.1) is 0 Å². The molecule has 0 spiro atoms. The Bertz CT molecular complexity index is 364. The Morgan fingerprint density at radius 2 is 1.89 bits per heavy atom. The standard InChI is InChI=1S/C12H21N3O4/c1-12(6-2-3-7-12)15-11(19)14-8(10(17)18)4-5-9(13)16/h8H,2-7H2,1H3,(H2,13,16)(H,17,18)(H2,14,15,19)/t8-/m0/s1. The Morgan fingerprint density at radius 1 is 1.32 bits per heavy atom. The zero-order valence-electron chi connectivity index (χ0n) is 11.1. The molecule has 0 radical (unpaired) electrons. The van der Waals surface area contributed by atoms with Crippen molar-refractivity contribution in [3.8, 4) is 0 Å². The highest BCUT2D eigenvalue weighted by Gasteiger charge is 2.31. The number of aliphatic carboxylic acids is 1. The Kier molecular flexibility index (Phi) is 5.14. The molecule has 5 N–H and O–H groups in total. The van der Waals surface area contributed by atoms with Crippen molar-refractivity contribution in [3.63, 3.8) is 0 Å². The molecule has 3 amide bonds. The van der Waals surface area contributed by atoms with E-state index in [1.165, 1.54) is 0 Å². The summed E-state index contributed by atoms with van der Waals surface area (Å²) in [4.78, 5) is 33.4. The van der Waals surface area contributed by atoms with Crippen molar-refractivity contribution in [2.24, 2.45) is 5.73 Å². The van der Waals surface area contributed by atoms with Gasteiger partial charge in [0.1, 0.15) is 6.04 Å². The van der Waals surface area contributed by atoms with Gasteiger partial charge in [-0.1, -0.05) is 12.8 Å². The fourth-order valence-electron chi connectivity index (χ4n) is 2.29. The van der Waals surface area contributed by atoms with E-state index in [2.05, 4.69) is 10.6 Å². The average molecular weight is 271 g/mol. The number of hydrogen-bond acceptors (Lipinski definition) is 3. The summed E-state index contributed by atoms with van der Waals surface area (Å²) in [5.74, 6) is -1.76. The largest absolute Gasteiger partial charge is 0.480 e. The van der Waals surface area contributed by atoms with Crippen LogP contribution in [0.25, 0.3) is 0 Å². The van der Waals surface area contributed by atoms with Gasteiger partial charge in [0.05, 0.1) is 0 Å². The van der Waals surface area contributed by atoms with Crippen LogP contribution in [0.2, 0.25) is 0 Å². The molecule has 1 saturated carbocycles. The number of nitrogens with one attached hydrogen (secondary N) is 2. The van der Waals surface area contributed by atoms with Crippen LogP contribution in [-0.4, -0.2) is 34.6 Å². The average Bonchev–Trinajstić information content (AvgIpc) is 2.70. The van der Waals surface area contributed by atoms with E-state index in [0.29, 0.717) is 0 Å². The first-order valence-electron chi connectivity index (χ1n) is 6.42. The van der Waals surface area contributed by atoms with Crippen LogP contribution in [0.3, 0.4) is 0 Å². The van der Waals surface area contributed by atoms with E-state index in [4.69, 9.17) is 10.8 Å². The number of carboxylic acid groups (broad SMARTS) is 1. The van der Waals surface area contributed by atoms with Crippen molar-refractivity contribution in [2.75, 3.05) is 0 Å². The smallest absolute Gasteiger partial charge is 0.326 e. The van der Waals surface area contributed by atoms with Crippen molar-refractivity contribution >= 4 is 17.9 Å². The first-order chi connectivity index (χ1) is 8.82. The molecule has 0 bridgehead atoms. The molecule has 1 rings (SSSR count). The molecule has 7 nitrogen and oxygen atoms in total. The third-order valence-electron chi connectivity index (χ3n) is 3.41. The maximum atomic E-state index is 11.8. The second-order valence-corrected chi connectivity index (χ2v) is 5.26. The van der Waals surface area contributed by atoms with Crippen molar-refractivity contribution < 1.29 is 19.5 Å². The summed E-state index contributed by atoms with van der Waals surface area (Å²) >= 11 is 0. The van der Waals surface area contributed by atoms with Crippen LogP contribution < -0.4 is 16.4 Å². The molecule has 1 atom stereocenters. The molecule has 1 aliphatic rings. The third-order valence-corrected chi connectivity index (χ3v) is 3.41. The topological polar surface area (TPSA) is 122 Å². The summed E-state index contributed by atoms with van der Waals surface area (Å²) in [6.45, 7) is 1.94. The molecule has 7 heteroatoms. The summed E-state index contributed by atoms with van der Waals surface area (Å²) in [5.41, 5.74) is 4.70. The van der Waals surface area contributed by atoms with Crippen molar-refractivity contribution in [3.05, 3.63) is 0 Å². The van der Waals surface area contributed by atoms with Crippen LogP contribution in [0.15, 0.2) is 0 Å². The maximum absolute atomic E-state index is 11.8. The van der Waals surface area contributed by atoms with Crippen LogP contribution >= 0.6 is 0 Å². The lowest BCUT2D eigenvalue weighted by Crippen LogP contribution is -2.53. The monoisotopic (exact) mass is 271 g/mol. The number of carbonyl (C=O) groups excluding carboxylic acids is 2. The maximum Gasteiger partial charge on any atom is 0.326 e. The summed E-state index contributed by atoms with van der Waals surface area (Å²) in [6.07, 6.45) is 3.81. The first kappa shape index (κ1) is 15.3. The van der Waals surface area contributed by atoms with E-state index in [9.17, 15) is 14.4 Å². The summed E-state index contributed by atoms with van der Waals surface area (Å²) < 4.78 is 0. The van der Waals surface area contributed by atoms with E-state index in [-0.39, 0.29) is 18.4 Å². The van der Waals surface area contributed by atoms with E-state index in [0.717, 1.165) is 25.7 Å². The zero-order valence-corrected chi connectivity index (χ0v) is 11.1. The second kappa shape index (κ2) is 6.40. The van der Waals surface area contributed by atoms with Gasteiger partial charge in [0.25, 0.3) is 0 Å². The summed E-state index contributed by atoms with van der Waals surface area (Å²) in [6, 6.07) is -1.61. The van der Waals surface area contributed by atoms with Gasteiger partial charge in [0.2, 0.25) is 5.91 Å². The highest BCUT2D eigenvalue weighted by molar-refractivity contribution is 5.83. The lowest BCUT2D eigenvalue weighted by Gasteiger charge is -2.26. The number of carbonyl (C=O) groups is 3. The molecule has 0 aliphatic heterocycles. The van der Waals surface area contributed by atoms with E-state index in [1.807, 2.05) is 6.92 Å². The quantitative estimate of drug-likeness (QED) is 0.556. The first-order valence-corrected chi connectivity index (χ1v) is 6.42. The van der Waals surface area contributed by atoms with E-state index >= 15 is 0 Å². The van der Waals surface area contributed by atoms with Crippen LogP contribution in [0.1, 0.15) is 45.4 Å². The number of nitrogens with two attached hydrogens (primary N) is 1. The highest BCUT2D eigenvalue weighted by atomic mass is 16.4. The van der Waals surface area contributed by atoms with Gasteiger partial charge >= 0.3 is 12.0 Å². The zero-order chi connectivity index (χ0) is 14.5. The number of carboxylic acids is 1. The predicted octanol–water partition coefficient (Wildman–Crippen LogP) is 0.337. The van der Waals surface area contributed by atoms with Crippen LogP contribution in [-0.2, 0) is 9.59 Å². The lowest BCUT2D eigenvalue weighted by atomic mass is 10.0. The predicted molar refractivity (Wildman–Crippen MR) is 68.4 cm³/mol. The Labute approximate surface area is 111 Å². The molecule has 19 heavy (non-hydrogen) atoms. The van der Waals surface area contributed by atoms with Crippen molar-refractivity contribution in [1.29, 1.82) is 0 Å². The van der Waals surface area contributed by atoms with Crippen molar-refractivity contribution in [1.82, 2.24) is 10.6 Å². The van der Waals surface area contributed by atoms with Crippen molar-refractivity contribution in [2.45, 2.75) is 57.0 Å². The normalized spacial score (nSPS) is 18.6. The molecule has 0 unspecified atom stereocenters. The fraction of sp³-hybridized carbons (Fsp3) is 0.750. The SMILES string of the molecule is CC1(NC(=O)N[C@@H](CCC(N)=O)C(=O)O)CCCC1. The minimum absolute atomic E-state index is 0.00516. The molecular weight excluding hydrogens is 250 g/mol. The van der Waals surface area contributed by atoms with Gasteiger partial charge in [-0.2, -0.15) is 0 Å². The number of primary amides is 1. The van der Waals surface area contributed by atoms with Crippen LogP contribution in [0.4, 0.5) is 4.79 Å². The molecule has 1 fully saturated rings. The molecule has 108 valence electrons. The van der Waals surface area contributed by atoms with Crippen LogP contribution in [0.5, 0.6) is 0 Å². The molecular formula is C12H21N3O4. The second-order valence-electron chi connectivity index (χ2n) is 5.26. The number of urea groups is 1. The molecule has 0 aromatic heterocycles. The lowest BCUT2D eigenvalue weighted by molar-refractivity contribution is -0.139. The molecule has 0 saturated heterocycles. The molecule has 0 aromatic carbocycles. The van der Waals surface area contributed by atoms with E-state index < -0.39 is 23.9 Å². The molecule has 0 aromatic rings. The molecule has 0 heterocycles.